The second kappa shape index (κ2) is 11.6. The monoisotopic (exact) mass is 720 g/mol. The van der Waals surface area contributed by atoms with Crippen LogP contribution in [0.2, 0.25) is 19.6 Å². The molecule has 0 unspecified atom stereocenters. The van der Waals surface area contributed by atoms with Gasteiger partial charge in [0.15, 0.2) is 0 Å². The minimum Gasteiger partial charge on any atom is -0.501 e. The maximum absolute atomic E-state index is 7.23. The Balaban J connectivity index is 0.000000188. The van der Waals surface area contributed by atoms with Gasteiger partial charge >= 0.3 is 0 Å². The number of fused-ring (bicyclic) bond motifs is 3. The Bertz CT molecular complexity index is 1840. The number of aryl methyl sites for hydroxylation is 1. The number of pyridine rings is 2. The van der Waals surface area contributed by atoms with Gasteiger partial charge in [0.2, 0.25) is 0 Å². The summed E-state index contributed by atoms with van der Waals surface area (Å²) in [4.78, 5) is 8.87. The van der Waals surface area contributed by atoms with Crippen LogP contribution in [0, 0.1) is 19.0 Å². The van der Waals surface area contributed by atoms with Crippen LogP contribution in [-0.2, 0) is 20.1 Å². The summed E-state index contributed by atoms with van der Waals surface area (Å²) >= 11 is 0. The summed E-state index contributed by atoms with van der Waals surface area (Å²) in [7, 11) is -1.53. The number of hydrogen-bond acceptors (Lipinski definition) is 3. The van der Waals surface area contributed by atoms with Crippen LogP contribution in [0.1, 0.15) is 34.0 Å². The summed E-state index contributed by atoms with van der Waals surface area (Å²) < 4.78 is 28.0. The average molecular weight is 720 g/mol. The van der Waals surface area contributed by atoms with Crippen LogP contribution in [0.3, 0.4) is 0 Å². The molecule has 203 valence electrons. The summed E-state index contributed by atoms with van der Waals surface area (Å²) in [5.74, 6) is 0.723. The van der Waals surface area contributed by atoms with E-state index in [9.17, 15) is 0 Å². The molecule has 5 heteroatoms. The van der Waals surface area contributed by atoms with Crippen LogP contribution < -0.4 is 5.19 Å². The third-order valence-electron chi connectivity index (χ3n) is 7.10. The smallest absolute Gasteiger partial charge is 0.120 e. The van der Waals surface area contributed by atoms with Crippen molar-refractivity contribution in [2.24, 2.45) is 0 Å². The van der Waals surface area contributed by atoms with Crippen molar-refractivity contribution < 1.29 is 28.6 Å². The number of rotatable bonds is 4. The molecule has 0 atom stereocenters. The molecule has 3 aromatic heterocycles. The Morgan fingerprint density at radius 2 is 1.65 bits per heavy atom. The van der Waals surface area contributed by atoms with Gasteiger partial charge in [-0.05, 0) is 54.2 Å². The molecule has 0 spiro atoms. The first kappa shape index (κ1) is 24.4. The molecule has 0 N–H and O–H groups in total. The van der Waals surface area contributed by atoms with E-state index in [4.69, 9.17) is 13.5 Å². The maximum atomic E-state index is 7.23. The number of para-hydroxylation sites is 1. The normalized spacial score (nSPS) is 14.4. The van der Waals surface area contributed by atoms with Crippen molar-refractivity contribution in [3.05, 3.63) is 115 Å². The predicted molar refractivity (Wildman–Crippen MR) is 164 cm³/mol. The van der Waals surface area contributed by atoms with Gasteiger partial charge in [0.1, 0.15) is 5.58 Å². The van der Waals surface area contributed by atoms with Gasteiger partial charge in [0.05, 0.1) is 5.58 Å². The van der Waals surface area contributed by atoms with Crippen LogP contribution in [0.4, 0.5) is 0 Å². The molecule has 1 saturated carbocycles. The minimum atomic E-state index is -2.09. The van der Waals surface area contributed by atoms with Crippen molar-refractivity contribution in [1.82, 2.24) is 9.97 Å². The predicted octanol–water partition coefficient (Wildman–Crippen LogP) is 8.73. The number of hydrogen-bond donors (Lipinski definition) is 0. The minimum absolute atomic E-state index is 0. The van der Waals surface area contributed by atoms with Gasteiger partial charge in [-0.1, -0.05) is 73.1 Å². The fourth-order valence-corrected chi connectivity index (χ4v) is 6.37. The zero-order valence-electron chi connectivity index (χ0n) is 25.8. The second-order valence-corrected chi connectivity index (χ2v) is 16.1. The number of furan rings is 1. The molecule has 3 heterocycles. The van der Waals surface area contributed by atoms with Crippen LogP contribution >= 0.6 is 0 Å². The largest absolute Gasteiger partial charge is 0.501 e. The van der Waals surface area contributed by atoms with E-state index in [1.807, 2.05) is 30.5 Å². The zero-order valence-corrected chi connectivity index (χ0v) is 26.2. The average Bonchev–Trinajstić information content (AvgIpc) is 3.77. The van der Waals surface area contributed by atoms with Gasteiger partial charge in [-0.2, -0.15) is 0 Å². The van der Waals surface area contributed by atoms with Crippen molar-refractivity contribution in [2.45, 2.75) is 45.3 Å². The van der Waals surface area contributed by atoms with E-state index in [1.54, 1.807) is 18.2 Å². The van der Waals surface area contributed by atoms with Crippen molar-refractivity contribution in [1.29, 1.82) is 0 Å². The van der Waals surface area contributed by atoms with Crippen LogP contribution in [0.15, 0.2) is 95.7 Å². The van der Waals surface area contributed by atoms with E-state index in [0.29, 0.717) is 0 Å². The van der Waals surface area contributed by atoms with Gasteiger partial charge in [-0.25, -0.2) is 0 Å². The van der Waals surface area contributed by atoms with E-state index < -0.39 is 14.9 Å². The van der Waals surface area contributed by atoms with Crippen molar-refractivity contribution in [3.63, 3.8) is 0 Å². The standard InChI is InChI=1S/C23H22NOSi.C12H10N.Ir/c1-26(2,3)21-13-11-17(19-12-10-16(14-24-19)15-8-9-15)23-22(21)18-6-4-5-7-20(18)25-23;1-10-7-8-12(13-9-10)11-5-3-2-4-6-11;/h4-7,10,12-15H,8-9H2,1-3H3;2-5,7-9H,1H3;/q2*-1;/i;1D3;. The Labute approximate surface area is 255 Å². The molecule has 3 aromatic carbocycles. The first-order chi connectivity index (χ1) is 20.1. The van der Waals surface area contributed by atoms with Crippen molar-refractivity contribution in [2.75, 3.05) is 0 Å². The molecule has 6 aromatic rings. The summed E-state index contributed by atoms with van der Waals surface area (Å²) in [5, 5.41) is 3.85. The first-order valence-corrected chi connectivity index (χ1v) is 16.9. The summed E-state index contributed by atoms with van der Waals surface area (Å²) in [6.45, 7) is 5.03. The fourth-order valence-electron chi connectivity index (χ4n) is 4.87. The third-order valence-corrected chi connectivity index (χ3v) is 9.11. The van der Waals surface area contributed by atoms with Crippen molar-refractivity contribution >= 4 is 35.2 Å². The number of nitrogens with zero attached hydrogens (tertiary/aromatic N) is 2. The number of benzene rings is 3. The molecule has 0 saturated heterocycles. The molecule has 1 radical (unpaired) electrons. The number of aromatic nitrogens is 2. The summed E-state index contributed by atoms with van der Waals surface area (Å²) in [6, 6.07) is 32.1. The second-order valence-electron chi connectivity index (χ2n) is 11.1. The Morgan fingerprint density at radius 3 is 2.30 bits per heavy atom. The van der Waals surface area contributed by atoms with Gasteiger partial charge < -0.3 is 14.4 Å². The quantitative estimate of drug-likeness (QED) is 0.135. The van der Waals surface area contributed by atoms with Crippen molar-refractivity contribution in [3.8, 4) is 22.5 Å². The zero-order chi connectivity index (χ0) is 29.5. The van der Waals surface area contributed by atoms with E-state index in [0.717, 1.165) is 39.6 Å². The topological polar surface area (TPSA) is 38.9 Å². The molecule has 1 fully saturated rings. The summed E-state index contributed by atoms with van der Waals surface area (Å²) in [5.41, 5.74) is 6.99. The van der Waals surface area contributed by atoms with E-state index in [-0.39, 0.29) is 25.7 Å². The Kier molecular flexibility index (Phi) is 7.10. The molecule has 1 aliphatic rings. The molecule has 0 aliphatic heterocycles. The molecular weight excluding hydrogens is 685 g/mol. The van der Waals surface area contributed by atoms with Crippen LogP contribution in [-0.4, -0.2) is 18.0 Å². The molecule has 0 amide bonds. The molecule has 1 aliphatic carbocycles. The fraction of sp³-hybridized carbons (Fsp3) is 0.200. The molecular formula is C35H32IrN2OSi-2. The van der Waals surface area contributed by atoms with Gasteiger partial charge in [-0.3, -0.25) is 0 Å². The van der Waals surface area contributed by atoms with E-state index >= 15 is 0 Å². The third kappa shape index (κ3) is 5.88. The first-order valence-electron chi connectivity index (χ1n) is 14.9. The summed E-state index contributed by atoms with van der Waals surface area (Å²) in [6.07, 6.45) is 6.02. The maximum Gasteiger partial charge on any atom is 0.120 e. The SMILES string of the molecule is C[Si](C)(C)c1c[c-]c(-c2ccc(C3CC3)cn2)c2oc3ccccc3c12.[2H]C([2H])([2H])c1ccc(-c2[c-]cccc2)nc1.[Ir]. The van der Waals surface area contributed by atoms with Gasteiger partial charge in [-0.15, -0.1) is 53.2 Å². The molecule has 0 bridgehead atoms. The molecule has 40 heavy (non-hydrogen) atoms. The van der Waals surface area contributed by atoms with Gasteiger partial charge in [0.25, 0.3) is 0 Å². The van der Waals surface area contributed by atoms with E-state index in [2.05, 4.69) is 73.2 Å². The van der Waals surface area contributed by atoms with Crippen LogP contribution in [0.25, 0.3) is 44.5 Å². The Morgan fingerprint density at radius 1 is 0.875 bits per heavy atom. The molecule has 7 rings (SSSR count). The van der Waals surface area contributed by atoms with Gasteiger partial charge in [0, 0.05) is 50.1 Å². The van der Waals surface area contributed by atoms with Crippen LogP contribution in [0.5, 0.6) is 0 Å². The van der Waals surface area contributed by atoms with E-state index in [1.165, 1.54) is 40.6 Å². The molecule has 3 nitrogen and oxygen atoms in total. The Hall–Kier alpha value is -3.37.